The summed E-state index contributed by atoms with van der Waals surface area (Å²) in [6.45, 7) is 4.57. The van der Waals surface area contributed by atoms with Crippen LogP contribution in [0.5, 0.6) is 0 Å². The third-order valence-electron chi connectivity index (χ3n) is 4.75. The zero-order chi connectivity index (χ0) is 13.7. The van der Waals surface area contributed by atoms with E-state index in [0.717, 1.165) is 19.1 Å². The van der Waals surface area contributed by atoms with Crippen LogP contribution < -0.4 is 5.32 Å². The SMILES string of the molecule is CCC1CCC(N(C)C(=O)CC2COCCN2)CC1. The van der Waals surface area contributed by atoms with Crippen molar-refractivity contribution in [2.75, 3.05) is 26.8 Å². The fourth-order valence-corrected chi connectivity index (χ4v) is 3.25. The van der Waals surface area contributed by atoms with Crippen molar-refractivity contribution in [3.05, 3.63) is 0 Å². The molecule has 19 heavy (non-hydrogen) atoms. The van der Waals surface area contributed by atoms with Crippen molar-refractivity contribution in [2.45, 2.75) is 57.5 Å². The third kappa shape index (κ3) is 4.18. The topological polar surface area (TPSA) is 41.6 Å². The number of nitrogens with one attached hydrogen (secondary N) is 1. The maximum atomic E-state index is 12.3. The highest BCUT2D eigenvalue weighted by atomic mass is 16.5. The predicted octanol–water partition coefficient (Wildman–Crippen LogP) is 1.79. The summed E-state index contributed by atoms with van der Waals surface area (Å²) in [5, 5.41) is 3.35. The summed E-state index contributed by atoms with van der Waals surface area (Å²) in [7, 11) is 1.98. The first kappa shape index (κ1) is 14.8. The van der Waals surface area contributed by atoms with Gasteiger partial charge in [-0.05, 0) is 31.6 Å². The molecular weight excluding hydrogens is 240 g/mol. The van der Waals surface area contributed by atoms with E-state index in [1.807, 2.05) is 11.9 Å². The van der Waals surface area contributed by atoms with Gasteiger partial charge < -0.3 is 15.0 Å². The second kappa shape index (κ2) is 7.25. The van der Waals surface area contributed by atoms with Crippen LogP contribution in [0.2, 0.25) is 0 Å². The zero-order valence-corrected chi connectivity index (χ0v) is 12.4. The average molecular weight is 268 g/mol. The van der Waals surface area contributed by atoms with Gasteiger partial charge in [0.2, 0.25) is 5.91 Å². The van der Waals surface area contributed by atoms with Crippen LogP contribution in [0.25, 0.3) is 0 Å². The van der Waals surface area contributed by atoms with Crippen LogP contribution in [0.3, 0.4) is 0 Å². The minimum Gasteiger partial charge on any atom is -0.378 e. The molecule has 1 amide bonds. The standard InChI is InChI=1S/C15H28N2O2/c1-3-12-4-6-14(7-5-12)17(2)15(18)10-13-11-19-9-8-16-13/h12-14,16H,3-11H2,1-2H3. The lowest BCUT2D eigenvalue weighted by Crippen LogP contribution is -2.46. The molecule has 1 heterocycles. The maximum Gasteiger partial charge on any atom is 0.224 e. The van der Waals surface area contributed by atoms with E-state index < -0.39 is 0 Å². The van der Waals surface area contributed by atoms with Gasteiger partial charge in [0.15, 0.2) is 0 Å². The van der Waals surface area contributed by atoms with Gasteiger partial charge in [0, 0.05) is 32.1 Å². The molecule has 110 valence electrons. The van der Waals surface area contributed by atoms with Crippen molar-refractivity contribution in [3.63, 3.8) is 0 Å². The Kier molecular flexibility index (Phi) is 5.64. The molecule has 0 aromatic heterocycles. The van der Waals surface area contributed by atoms with Crippen LogP contribution in [0.1, 0.15) is 45.4 Å². The normalized spacial score (nSPS) is 32.0. The molecule has 2 fully saturated rings. The number of carbonyl (C=O) groups excluding carboxylic acids is 1. The summed E-state index contributed by atoms with van der Waals surface area (Å²) >= 11 is 0. The van der Waals surface area contributed by atoms with E-state index in [1.165, 1.54) is 32.1 Å². The molecule has 1 aliphatic heterocycles. The molecule has 1 N–H and O–H groups in total. The van der Waals surface area contributed by atoms with Gasteiger partial charge in [0.25, 0.3) is 0 Å². The number of ether oxygens (including phenoxy) is 1. The fourth-order valence-electron chi connectivity index (χ4n) is 3.25. The van der Waals surface area contributed by atoms with Gasteiger partial charge in [-0.2, -0.15) is 0 Å². The summed E-state index contributed by atoms with van der Waals surface area (Å²) in [6, 6.07) is 0.662. The first-order valence-electron chi connectivity index (χ1n) is 7.77. The number of amides is 1. The summed E-state index contributed by atoms with van der Waals surface area (Å²) < 4.78 is 5.40. The minimum absolute atomic E-state index is 0.204. The Hall–Kier alpha value is -0.610. The molecule has 0 bridgehead atoms. The molecule has 4 heteroatoms. The molecule has 1 aliphatic carbocycles. The van der Waals surface area contributed by atoms with E-state index in [2.05, 4.69) is 12.2 Å². The van der Waals surface area contributed by atoms with Crippen LogP contribution in [0.4, 0.5) is 0 Å². The molecule has 2 aliphatic rings. The van der Waals surface area contributed by atoms with Gasteiger partial charge in [-0.25, -0.2) is 0 Å². The Morgan fingerprint density at radius 3 is 2.63 bits per heavy atom. The van der Waals surface area contributed by atoms with Crippen molar-refractivity contribution in [3.8, 4) is 0 Å². The third-order valence-corrected chi connectivity index (χ3v) is 4.75. The summed E-state index contributed by atoms with van der Waals surface area (Å²) in [5.74, 6) is 1.15. The molecule has 0 radical (unpaired) electrons. The largest absolute Gasteiger partial charge is 0.378 e. The molecule has 1 unspecified atom stereocenters. The monoisotopic (exact) mass is 268 g/mol. The number of rotatable bonds is 4. The lowest BCUT2D eigenvalue weighted by atomic mass is 9.84. The van der Waals surface area contributed by atoms with Crippen LogP contribution >= 0.6 is 0 Å². The highest BCUT2D eigenvalue weighted by molar-refractivity contribution is 5.76. The summed E-state index contributed by atoms with van der Waals surface area (Å²) in [6.07, 6.45) is 6.77. The first-order valence-corrected chi connectivity index (χ1v) is 7.77. The van der Waals surface area contributed by atoms with Gasteiger partial charge in [0.05, 0.1) is 13.2 Å². The molecule has 1 atom stereocenters. The minimum atomic E-state index is 0.204. The molecule has 0 aromatic rings. The van der Waals surface area contributed by atoms with Crippen LogP contribution in [-0.4, -0.2) is 49.7 Å². The molecule has 1 saturated heterocycles. The number of carbonyl (C=O) groups is 1. The lowest BCUT2D eigenvalue weighted by molar-refractivity contribution is -0.134. The first-order chi connectivity index (χ1) is 9.20. The van der Waals surface area contributed by atoms with Crippen molar-refractivity contribution in [1.29, 1.82) is 0 Å². The zero-order valence-electron chi connectivity index (χ0n) is 12.4. The van der Waals surface area contributed by atoms with Crippen molar-refractivity contribution >= 4 is 5.91 Å². The van der Waals surface area contributed by atoms with Gasteiger partial charge >= 0.3 is 0 Å². The molecular formula is C15H28N2O2. The second-order valence-corrected chi connectivity index (χ2v) is 6.02. The Labute approximate surface area is 116 Å². The molecule has 0 spiro atoms. The molecule has 4 nitrogen and oxygen atoms in total. The number of hydrogen-bond acceptors (Lipinski definition) is 3. The Morgan fingerprint density at radius 1 is 1.32 bits per heavy atom. The molecule has 0 aromatic carbocycles. The second-order valence-electron chi connectivity index (χ2n) is 6.02. The summed E-state index contributed by atoms with van der Waals surface area (Å²) in [4.78, 5) is 14.3. The van der Waals surface area contributed by atoms with Crippen LogP contribution in [0, 0.1) is 5.92 Å². The van der Waals surface area contributed by atoms with Crippen molar-refractivity contribution < 1.29 is 9.53 Å². The van der Waals surface area contributed by atoms with E-state index in [4.69, 9.17) is 4.74 Å². The van der Waals surface area contributed by atoms with Gasteiger partial charge in [-0.1, -0.05) is 13.3 Å². The smallest absolute Gasteiger partial charge is 0.224 e. The number of nitrogens with zero attached hydrogens (tertiary/aromatic N) is 1. The van der Waals surface area contributed by atoms with E-state index >= 15 is 0 Å². The Morgan fingerprint density at radius 2 is 2.05 bits per heavy atom. The Bertz CT molecular complexity index is 282. The van der Waals surface area contributed by atoms with Crippen molar-refractivity contribution in [2.24, 2.45) is 5.92 Å². The number of hydrogen-bond donors (Lipinski definition) is 1. The Balaban J connectivity index is 1.75. The maximum absolute atomic E-state index is 12.3. The molecule has 1 saturated carbocycles. The van der Waals surface area contributed by atoms with Crippen LogP contribution in [-0.2, 0) is 9.53 Å². The lowest BCUT2D eigenvalue weighted by Gasteiger charge is -2.35. The van der Waals surface area contributed by atoms with Crippen molar-refractivity contribution in [1.82, 2.24) is 10.2 Å². The highest BCUT2D eigenvalue weighted by Gasteiger charge is 2.27. The fraction of sp³-hybridized carbons (Fsp3) is 0.933. The average Bonchev–Trinajstić information content (AvgIpc) is 2.47. The van der Waals surface area contributed by atoms with E-state index in [-0.39, 0.29) is 11.9 Å². The number of morpholine rings is 1. The van der Waals surface area contributed by atoms with E-state index in [1.54, 1.807) is 0 Å². The van der Waals surface area contributed by atoms with Gasteiger partial charge in [-0.15, -0.1) is 0 Å². The van der Waals surface area contributed by atoms with E-state index in [0.29, 0.717) is 19.1 Å². The highest BCUT2D eigenvalue weighted by Crippen LogP contribution is 2.29. The van der Waals surface area contributed by atoms with E-state index in [9.17, 15) is 4.79 Å². The predicted molar refractivity (Wildman–Crippen MR) is 76.0 cm³/mol. The van der Waals surface area contributed by atoms with Gasteiger partial charge in [0.1, 0.15) is 0 Å². The quantitative estimate of drug-likeness (QED) is 0.845. The van der Waals surface area contributed by atoms with Gasteiger partial charge in [-0.3, -0.25) is 4.79 Å². The summed E-state index contributed by atoms with van der Waals surface area (Å²) in [5.41, 5.74) is 0. The van der Waals surface area contributed by atoms with Crippen LogP contribution in [0.15, 0.2) is 0 Å². The molecule has 2 rings (SSSR count).